The zero-order valence-corrected chi connectivity index (χ0v) is 11.7. The molecule has 0 N–H and O–H groups in total. The molecule has 1 aromatic heterocycles. The normalized spacial score (nSPS) is 10.9. The third-order valence-corrected chi connectivity index (χ3v) is 3.06. The van der Waals surface area contributed by atoms with Gasteiger partial charge in [-0.3, -0.25) is 0 Å². The van der Waals surface area contributed by atoms with Gasteiger partial charge in [-0.15, -0.1) is 10.2 Å². The van der Waals surface area contributed by atoms with Gasteiger partial charge in [0.2, 0.25) is 5.16 Å². The zero-order valence-electron chi connectivity index (χ0n) is 10.9. The van der Waals surface area contributed by atoms with E-state index in [0.717, 1.165) is 10.7 Å². The lowest BCUT2D eigenvalue weighted by molar-refractivity contribution is 0.355. The van der Waals surface area contributed by atoms with Gasteiger partial charge in [-0.1, -0.05) is 11.8 Å². The predicted octanol–water partition coefficient (Wildman–Crippen LogP) is 1.90. The second-order valence-electron chi connectivity index (χ2n) is 3.52. The number of hydrogen-bond donors (Lipinski definition) is 0. The largest absolute Gasteiger partial charge is 0.493 e. The Bertz CT molecular complexity index is 583. The fourth-order valence-corrected chi connectivity index (χ4v) is 1.91. The van der Waals surface area contributed by atoms with Crippen molar-refractivity contribution >= 4 is 18.0 Å². The van der Waals surface area contributed by atoms with Gasteiger partial charge in [0.25, 0.3) is 0 Å². The van der Waals surface area contributed by atoms with Crippen molar-refractivity contribution < 1.29 is 9.47 Å². The topological polar surface area (TPSA) is 61.5 Å². The van der Waals surface area contributed by atoms with Gasteiger partial charge in [-0.25, -0.2) is 0 Å². The number of aromatic nitrogens is 3. The molecule has 100 valence electrons. The monoisotopic (exact) mass is 278 g/mol. The molecule has 0 amide bonds. The van der Waals surface area contributed by atoms with E-state index < -0.39 is 0 Å². The molecule has 7 heteroatoms. The molecule has 0 saturated heterocycles. The van der Waals surface area contributed by atoms with Crippen molar-refractivity contribution in [3.63, 3.8) is 0 Å². The van der Waals surface area contributed by atoms with E-state index in [1.165, 1.54) is 11.8 Å². The first kappa shape index (κ1) is 13.4. The average Bonchev–Trinajstić information content (AvgIpc) is 2.92. The Kier molecular flexibility index (Phi) is 4.40. The molecule has 2 aromatic rings. The molecule has 0 aliphatic carbocycles. The van der Waals surface area contributed by atoms with E-state index in [-0.39, 0.29) is 0 Å². The summed E-state index contributed by atoms with van der Waals surface area (Å²) in [5.74, 6) is 1.36. The van der Waals surface area contributed by atoms with Gasteiger partial charge in [0.1, 0.15) is 6.33 Å². The van der Waals surface area contributed by atoms with E-state index in [0.29, 0.717) is 11.5 Å². The highest BCUT2D eigenvalue weighted by Crippen LogP contribution is 2.26. The first-order valence-corrected chi connectivity index (χ1v) is 6.71. The maximum atomic E-state index is 5.24. The first-order chi connectivity index (χ1) is 9.28. The summed E-state index contributed by atoms with van der Waals surface area (Å²) in [6.07, 6.45) is 5.20. The maximum Gasteiger partial charge on any atom is 0.211 e. The van der Waals surface area contributed by atoms with Crippen LogP contribution in [0.5, 0.6) is 11.5 Å². The van der Waals surface area contributed by atoms with Crippen molar-refractivity contribution in [3.8, 4) is 11.5 Å². The molecule has 1 heterocycles. The Balaban J connectivity index is 2.24. The molecule has 0 saturated carbocycles. The minimum absolute atomic E-state index is 0.667. The van der Waals surface area contributed by atoms with Gasteiger partial charge in [0, 0.05) is 0 Å². The summed E-state index contributed by atoms with van der Waals surface area (Å²) in [6.45, 7) is 0. The number of rotatable bonds is 5. The average molecular weight is 278 g/mol. The van der Waals surface area contributed by atoms with Crippen molar-refractivity contribution in [2.75, 3.05) is 20.5 Å². The highest BCUT2D eigenvalue weighted by atomic mass is 32.2. The highest BCUT2D eigenvalue weighted by molar-refractivity contribution is 7.98. The van der Waals surface area contributed by atoms with E-state index in [9.17, 15) is 0 Å². The molecule has 0 aliphatic rings. The van der Waals surface area contributed by atoms with Crippen LogP contribution in [0, 0.1) is 0 Å². The van der Waals surface area contributed by atoms with Crippen LogP contribution in [-0.2, 0) is 0 Å². The van der Waals surface area contributed by atoms with E-state index in [4.69, 9.17) is 9.47 Å². The molecule has 19 heavy (non-hydrogen) atoms. The second-order valence-corrected chi connectivity index (χ2v) is 4.29. The Morgan fingerprint density at radius 3 is 2.74 bits per heavy atom. The van der Waals surface area contributed by atoms with Crippen LogP contribution in [0.1, 0.15) is 5.56 Å². The summed E-state index contributed by atoms with van der Waals surface area (Å²) in [5, 5.41) is 12.7. The lowest BCUT2D eigenvalue weighted by Crippen LogP contribution is -1.94. The van der Waals surface area contributed by atoms with Gasteiger partial charge >= 0.3 is 0 Å². The summed E-state index contributed by atoms with van der Waals surface area (Å²) in [6, 6.07) is 5.58. The maximum absolute atomic E-state index is 5.24. The van der Waals surface area contributed by atoms with E-state index >= 15 is 0 Å². The summed E-state index contributed by atoms with van der Waals surface area (Å²) in [7, 11) is 3.21. The van der Waals surface area contributed by atoms with Crippen molar-refractivity contribution in [2.45, 2.75) is 5.16 Å². The quantitative estimate of drug-likeness (QED) is 0.617. The standard InChI is InChI=1S/C12H14N4O2S/c1-17-10-5-4-9(6-11(10)18-2)7-14-16-8-13-15-12(16)19-3/h4-8H,1-3H3/b14-7-. The van der Waals surface area contributed by atoms with Crippen molar-refractivity contribution in [1.82, 2.24) is 14.9 Å². The molecule has 0 bridgehead atoms. The number of benzene rings is 1. The summed E-state index contributed by atoms with van der Waals surface area (Å²) in [5.41, 5.74) is 0.901. The highest BCUT2D eigenvalue weighted by Gasteiger charge is 2.03. The van der Waals surface area contributed by atoms with Crippen LogP contribution in [0.15, 0.2) is 34.8 Å². The summed E-state index contributed by atoms with van der Waals surface area (Å²) >= 11 is 1.48. The molecule has 0 spiro atoms. The van der Waals surface area contributed by atoms with Crippen LogP contribution in [-0.4, -0.2) is 41.6 Å². The number of ether oxygens (including phenoxy) is 2. The number of thioether (sulfide) groups is 1. The van der Waals surface area contributed by atoms with E-state index in [1.54, 1.807) is 31.4 Å². The first-order valence-electron chi connectivity index (χ1n) is 5.49. The van der Waals surface area contributed by atoms with Crippen molar-refractivity contribution in [2.24, 2.45) is 5.10 Å². The SMILES string of the molecule is COc1ccc(/C=N\n2cnnc2SC)cc1OC. The third kappa shape index (κ3) is 3.05. The molecule has 0 aliphatic heterocycles. The number of methoxy groups -OCH3 is 2. The Morgan fingerprint density at radius 2 is 2.05 bits per heavy atom. The lowest BCUT2D eigenvalue weighted by Gasteiger charge is -2.07. The molecule has 0 unspecified atom stereocenters. The van der Waals surface area contributed by atoms with E-state index in [1.807, 2.05) is 24.5 Å². The number of nitrogens with zero attached hydrogens (tertiary/aromatic N) is 4. The van der Waals surface area contributed by atoms with E-state index in [2.05, 4.69) is 15.3 Å². The van der Waals surface area contributed by atoms with Gasteiger partial charge < -0.3 is 9.47 Å². The minimum atomic E-state index is 0.667. The van der Waals surface area contributed by atoms with Crippen LogP contribution in [0.3, 0.4) is 0 Å². The third-order valence-electron chi connectivity index (χ3n) is 2.42. The Labute approximate surface area is 115 Å². The smallest absolute Gasteiger partial charge is 0.211 e. The summed E-state index contributed by atoms with van der Waals surface area (Å²) < 4.78 is 12.0. The van der Waals surface area contributed by atoms with Gasteiger partial charge in [-0.2, -0.15) is 9.78 Å². The van der Waals surface area contributed by atoms with Crippen LogP contribution in [0.4, 0.5) is 0 Å². The molecular formula is C12H14N4O2S. The van der Waals surface area contributed by atoms with Crippen LogP contribution >= 0.6 is 11.8 Å². The van der Waals surface area contributed by atoms with Crippen LogP contribution in [0.2, 0.25) is 0 Å². The van der Waals surface area contributed by atoms with Crippen molar-refractivity contribution in [1.29, 1.82) is 0 Å². The predicted molar refractivity (Wildman–Crippen MR) is 74.3 cm³/mol. The molecule has 1 aromatic carbocycles. The summed E-state index contributed by atoms with van der Waals surface area (Å²) in [4.78, 5) is 0. The van der Waals surface area contributed by atoms with Crippen LogP contribution < -0.4 is 9.47 Å². The van der Waals surface area contributed by atoms with Crippen LogP contribution in [0.25, 0.3) is 0 Å². The second kappa shape index (κ2) is 6.24. The lowest BCUT2D eigenvalue weighted by atomic mass is 10.2. The number of hydrogen-bond acceptors (Lipinski definition) is 6. The molecule has 0 atom stereocenters. The molecule has 0 radical (unpaired) electrons. The fraction of sp³-hybridized carbons (Fsp3) is 0.250. The van der Waals surface area contributed by atoms with Crippen molar-refractivity contribution in [3.05, 3.63) is 30.1 Å². The Morgan fingerprint density at radius 1 is 1.26 bits per heavy atom. The van der Waals surface area contributed by atoms with Gasteiger partial charge in [0.05, 0.1) is 20.4 Å². The van der Waals surface area contributed by atoms with Gasteiger partial charge in [-0.05, 0) is 30.0 Å². The Hall–Kier alpha value is -2.02. The molecule has 0 fully saturated rings. The molecular weight excluding hydrogens is 264 g/mol. The van der Waals surface area contributed by atoms with Gasteiger partial charge in [0.15, 0.2) is 11.5 Å². The molecule has 2 rings (SSSR count). The minimum Gasteiger partial charge on any atom is -0.493 e. The molecule has 6 nitrogen and oxygen atoms in total. The fourth-order valence-electron chi connectivity index (χ4n) is 1.49. The zero-order chi connectivity index (χ0) is 13.7.